The van der Waals surface area contributed by atoms with Crippen molar-refractivity contribution < 1.29 is 9.69 Å². The van der Waals surface area contributed by atoms with Gasteiger partial charge >= 0.3 is 0 Å². The van der Waals surface area contributed by atoms with E-state index in [0.717, 1.165) is 17.8 Å². The Hall–Kier alpha value is -1.35. The van der Waals surface area contributed by atoms with Crippen molar-refractivity contribution in [2.75, 3.05) is 13.6 Å². The molecule has 4 saturated carbocycles. The zero-order valence-corrected chi connectivity index (χ0v) is 16.1. The van der Waals surface area contributed by atoms with Crippen LogP contribution in [-0.4, -0.2) is 25.0 Å². The number of benzene rings is 1. The van der Waals surface area contributed by atoms with Crippen LogP contribution in [0.1, 0.15) is 68.5 Å². The van der Waals surface area contributed by atoms with E-state index in [1.54, 1.807) is 0 Å². The fraction of sp³-hybridized carbons (Fsp3) is 0.696. The van der Waals surface area contributed by atoms with Gasteiger partial charge in [0, 0.05) is 17.5 Å². The van der Waals surface area contributed by atoms with Crippen molar-refractivity contribution in [3.8, 4) is 0 Å². The molecule has 3 nitrogen and oxygen atoms in total. The van der Waals surface area contributed by atoms with E-state index < -0.39 is 0 Å². The molecule has 4 bridgehead atoms. The maximum atomic E-state index is 13.0. The summed E-state index contributed by atoms with van der Waals surface area (Å²) in [4.78, 5) is 14.3. The van der Waals surface area contributed by atoms with E-state index in [9.17, 15) is 4.79 Å². The number of quaternary nitrogens is 1. The SMILES string of the molecule is C[NH+](CC(=O)NC12CC3CC(CC(C3)C1)C2)[C@H]1CCCc2ccccc21. The number of rotatable bonds is 4. The number of hydrogen-bond acceptors (Lipinski definition) is 1. The summed E-state index contributed by atoms with van der Waals surface area (Å²) in [5, 5.41) is 3.56. The molecule has 0 heterocycles. The van der Waals surface area contributed by atoms with Crippen LogP contribution in [0.4, 0.5) is 0 Å². The number of amides is 1. The molecule has 5 aliphatic carbocycles. The molecule has 26 heavy (non-hydrogen) atoms. The summed E-state index contributed by atoms with van der Waals surface area (Å²) in [7, 11) is 2.21. The first-order valence-corrected chi connectivity index (χ1v) is 10.8. The van der Waals surface area contributed by atoms with Gasteiger partial charge in [0.2, 0.25) is 0 Å². The minimum atomic E-state index is 0.149. The highest BCUT2D eigenvalue weighted by molar-refractivity contribution is 5.77. The summed E-state index contributed by atoms with van der Waals surface area (Å²) in [5.74, 6) is 2.94. The van der Waals surface area contributed by atoms with Crippen LogP contribution in [0.25, 0.3) is 0 Å². The summed E-state index contributed by atoms with van der Waals surface area (Å²) < 4.78 is 0. The highest BCUT2D eigenvalue weighted by Gasteiger charge is 2.51. The van der Waals surface area contributed by atoms with Crippen molar-refractivity contribution in [2.24, 2.45) is 17.8 Å². The fourth-order valence-electron chi connectivity index (χ4n) is 7.25. The molecular formula is C23H33N2O+. The minimum absolute atomic E-state index is 0.149. The first kappa shape index (κ1) is 16.8. The van der Waals surface area contributed by atoms with E-state index >= 15 is 0 Å². The van der Waals surface area contributed by atoms with Gasteiger partial charge < -0.3 is 10.2 Å². The highest BCUT2D eigenvalue weighted by atomic mass is 16.2. The van der Waals surface area contributed by atoms with Crippen LogP contribution in [0.2, 0.25) is 0 Å². The molecule has 0 aliphatic heterocycles. The molecule has 5 aliphatic rings. The molecule has 2 N–H and O–H groups in total. The van der Waals surface area contributed by atoms with Gasteiger partial charge in [-0.3, -0.25) is 4.79 Å². The van der Waals surface area contributed by atoms with Crippen LogP contribution in [0.5, 0.6) is 0 Å². The summed E-state index contributed by atoms with van der Waals surface area (Å²) in [5.41, 5.74) is 3.11. The molecule has 1 aromatic rings. The Bertz CT molecular complexity index is 662. The smallest absolute Gasteiger partial charge is 0.275 e. The number of nitrogens with one attached hydrogen (secondary N) is 2. The minimum Gasteiger partial charge on any atom is -0.346 e. The van der Waals surface area contributed by atoms with E-state index in [-0.39, 0.29) is 11.4 Å². The van der Waals surface area contributed by atoms with Gasteiger partial charge in [-0.1, -0.05) is 24.3 Å². The van der Waals surface area contributed by atoms with Crippen LogP contribution in [0.3, 0.4) is 0 Å². The molecule has 1 unspecified atom stereocenters. The third kappa shape index (κ3) is 2.98. The van der Waals surface area contributed by atoms with Crippen LogP contribution in [0, 0.1) is 17.8 Å². The number of hydrogen-bond donors (Lipinski definition) is 2. The van der Waals surface area contributed by atoms with E-state index in [1.165, 1.54) is 73.8 Å². The zero-order chi connectivity index (χ0) is 17.7. The predicted octanol–water partition coefficient (Wildman–Crippen LogP) is 2.66. The molecule has 4 fully saturated rings. The number of fused-ring (bicyclic) bond motifs is 1. The first-order valence-electron chi connectivity index (χ1n) is 10.8. The third-order valence-electron chi connectivity index (χ3n) is 7.85. The topological polar surface area (TPSA) is 33.5 Å². The Morgan fingerprint density at radius 2 is 1.77 bits per heavy atom. The van der Waals surface area contributed by atoms with Gasteiger partial charge in [-0.25, -0.2) is 0 Å². The van der Waals surface area contributed by atoms with E-state index in [1.807, 2.05) is 0 Å². The lowest BCUT2D eigenvalue weighted by molar-refractivity contribution is -0.905. The van der Waals surface area contributed by atoms with E-state index in [4.69, 9.17) is 0 Å². The molecule has 6 rings (SSSR count). The number of carbonyl (C=O) groups is 1. The Morgan fingerprint density at radius 3 is 2.46 bits per heavy atom. The van der Waals surface area contributed by atoms with Crippen molar-refractivity contribution in [3.05, 3.63) is 35.4 Å². The summed E-state index contributed by atoms with van der Waals surface area (Å²) in [6.45, 7) is 0.612. The quantitative estimate of drug-likeness (QED) is 0.857. The Kier molecular flexibility index (Phi) is 4.11. The summed E-state index contributed by atoms with van der Waals surface area (Å²) >= 11 is 0. The number of carbonyl (C=O) groups excluding carboxylic acids is 1. The fourth-order valence-corrected chi connectivity index (χ4v) is 7.25. The Balaban J connectivity index is 1.25. The summed E-state index contributed by atoms with van der Waals surface area (Å²) in [6.07, 6.45) is 11.7. The van der Waals surface area contributed by atoms with Gasteiger partial charge in [0.1, 0.15) is 6.04 Å². The Labute approximate surface area is 157 Å². The molecule has 1 amide bonds. The zero-order valence-electron chi connectivity index (χ0n) is 16.1. The van der Waals surface area contributed by atoms with Crippen molar-refractivity contribution in [3.63, 3.8) is 0 Å². The lowest BCUT2D eigenvalue weighted by Gasteiger charge is -2.56. The average molecular weight is 354 g/mol. The lowest BCUT2D eigenvalue weighted by Crippen LogP contribution is -3.10. The Morgan fingerprint density at radius 1 is 1.12 bits per heavy atom. The first-order chi connectivity index (χ1) is 12.6. The summed E-state index contributed by atoms with van der Waals surface area (Å²) in [6, 6.07) is 9.32. The van der Waals surface area contributed by atoms with Gasteiger partial charge in [0.15, 0.2) is 6.54 Å². The van der Waals surface area contributed by atoms with Gasteiger partial charge in [-0.05, 0) is 74.7 Å². The van der Waals surface area contributed by atoms with Crippen molar-refractivity contribution >= 4 is 5.91 Å². The van der Waals surface area contributed by atoms with E-state index in [0.29, 0.717) is 12.6 Å². The molecular weight excluding hydrogens is 320 g/mol. The maximum Gasteiger partial charge on any atom is 0.275 e. The predicted molar refractivity (Wildman–Crippen MR) is 103 cm³/mol. The maximum absolute atomic E-state index is 13.0. The molecule has 0 aromatic heterocycles. The second-order valence-corrected chi connectivity index (χ2v) is 9.91. The highest BCUT2D eigenvalue weighted by Crippen LogP contribution is 2.55. The van der Waals surface area contributed by atoms with Crippen molar-refractivity contribution in [1.29, 1.82) is 0 Å². The molecule has 0 radical (unpaired) electrons. The molecule has 3 heteroatoms. The molecule has 0 spiro atoms. The van der Waals surface area contributed by atoms with Gasteiger partial charge in [0.05, 0.1) is 7.05 Å². The average Bonchev–Trinajstić information content (AvgIpc) is 2.59. The molecule has 0 saturated heterocycles. The van der Waals surface area contributed by atoms with Crippen LogP contribution in [-0.2, 0) is 11.2 Å². The number of likely N-dealkylation sites (N-methyl/N-ethyl adjacent to an activating group) is 1. The standard InChI is InChI=1S/C23H32N2O/c1-25(21-8-4-6-19-5-2-3-7-20(19)21)15-22(26)24-23-12-16-9-17(13-23)11-18(10-16)14-23/h2-3,5,7,16-18,21H,4,6,8-15H2,1H3,(H,24,26)/p+1/t16?,17?,18?,21-,23?/m0/s1. The van der Waals surface area contributed by atoms with Crippen LogP contribution < -0.4 is 10.2 Å². The van der Waals surface area contributed by atoms with Crippen molar-refractivity contribution in [2.45, 2.75) is 69.4 Å². The van der Waals surface area contributed by atoms with Crippen molar-refractivity contribution in [1.82, 2.24) is 5.32 Å². The largest absolute Gasteiger partial charge is 0.346 e. The second kappa shape index (κ2) is 6.37. The molecule has 140 valence electrons. The third-order valence-corrected chi connectivity index (χ3v) is 7.85. The van der Waals surface area contributed by atoms with E-state index in [2.05, 4.69) is 36.6 Å². The number of aryl methyl sites for hydroxylation is 1. The van der Waals surface area contributed by atoms with Gasteiger partial charge in [-0.2, -0.15) is 0 Å². The monoisotopic (exact) mass is 353 g/mol. The normalized spacial score (nSPS) is 38.7. The second-order valence-electron chi connectivity index (χ2n) is 9.91. The van der Waals surface area contributed by atoms with Crippen LogP contribution in [0.15, 0.2) is 24.3 Å². The van der Waals surface area contributed by atoms with Gasteiger partial charge in [-0.15, -0.1) is 0 Å². The molecule has 1 aromatic carbocycles. The van der Waals surface area contributed by atoms with Crippen LogP contribution >= 0.6 is 0 Å². The van der Waals surface area contributed by atoms with Gasteiger partial charge in [0.25, 0.3) is 5.91 Å². The lowest BCUT2D eigenvalue weighted by atomic mass is 9.53. The molecule has 2 atom stereocenters.